The van der Waals surface area contributed by atoms with Crippen LogP contribution in [-0.4, -0.2) is 19.1 Å². The predicted octanol–water partition coefficient (Wildman–Crippen LogP) is 4.25. The summed E-state index contributed by atoms with van der Waals surface area (Å²) in [6.45, 7) is 11.0. The topological polar surface area (TPSA) is 47.6 Å². The van der Waals surface area contributed by atoms with Crippen molar-refractivity contribution in [3.05, 3.63) is 18.2 Å². The molecule has 118 valence electrons. The number of carbonyl (C=O) groups is 1. The zero-order chi connectivity index (χ0) is 15.9. The number of nitrogens with one attached hydrogen (secondary N) is 1. The molecule has 0 saturated heterocycles. The van der Waals surface area contributed by atoms with Crippen LogP contribution in [0.2, 0.25) is 0 Å². The second-order valence-corrected chi connectivity index (χ2v) is 6.06. The molecule has 0 bridgehead atoms. The second-order valence-electron chi connectivity index (χ2n) is 6.06. The van der Waals surface area contributed by atoms with E-state index in [2.05, 4.69) is 19.2 Å². The van der Waals surface area contributed by atoms with Crippen LogP contribution in [0.4, 0.5) is 5.69 Å². The van der Waals surface area contributed by atoms with Crippen LogP contribution in [0, 0.1) is 5.41 Å². The maximum absolute atomic E-state index is 12.0. The van der Waals surface area contributed by atoms with Gasteiger partial charge in [0, 0.05) is 17.2 Å². The molecular formula is C17H27NO3. The highest BCUT2D eigenvalue weighted by Crippen LogP contribution is 2.31. The molecule has 1 rings (SSSR count). The van der Waals surface area contributed by atoms with Crippen LogP contribution in [0.3, 0.4) is 0 Å². The zero-order valence-corrected chi connectivity index (χ0v) is 13.8. The van der Waals surface area contributed by atoms with Crippen molar-refractivity contribution in [2.75, 3.05) is 18.5 Å². The van der Waals surface area contributed by atoms with Crippen molar-refractivity contribution in [3.8, 4) is 11.5 Å². The summed E-state index contributed by atoms with van der Waals surface area (Å²) in [6, 6.07) is 5.51. The Kier molecular flexibility index (Phi) is 6.53. The summed E-state index contributed by atoms with van der Waals surface area (Å²) >= 11 is 0. The highest BCUT2D eigenvalue weighted by molar-refractivity contribution is 5.94. The minimum Gasteiger partial charge on any atom is -0.490 e. The molecule has 1 aromatic carbocycles. The van der Waals surface area contributed by atoms with Gasteiger partial charge in [-0.2, -0.15) is 0 Å². The van der Waals surface area contributed by atoms with Crippen LogP contribution < -0.4 is 14.8 Å². The van der Waals surface area contributed by atoms with Gasteiger partial charge in [-0.25, -0.2) is 0 Å². The Bertz CT molecular complexity index is 464. The smallest absolute Gasteiger partial charge is 0.229 e. The molecule has 0 aliphatic carbocycles. The minimum absolute atomic E-state index is 0.0221. The normalized spacial score (nSPS) is 11.1. The first-order valence-corrected chi connectivity index (χ1v) is 7.59. The van der Waals surface area contributed by atoms with E-state index in [1.54, 1.807) is 0 Å². The van der Waals surface area contributed by atoms with Crippen molar-refractivity contribution in [3.63, 3.8) is 0 Å². The summed E-state index contributed by atoms with van der Waals surface area (Å²) in [5, 5.41) is 2.91. The van der Waals surface area contributed by atoms with Crippen molar-refractivity contribution in [2.24, 2.45) is 5.41 Å². The van der Waals surface area contributed by atoms with E-state index in [1.807, 2.05) is 39.0 Å². The molecule has 0 unspecified atom stereocenters. The third kappa shape index (κ3) is 5.66. The van der Waals surface area contributed by atoms with Crippen LogP contribution in [0.5, 0.6) is 11.5 Å². The SMILES string of the molecule is CCCOc1ccc(NC(=O)C(C)(C)C)cc1OCCC. The third-order valence-corrected chi connectivity index (χ3v) is 2.81. The van der Waals surface area contributed by atoms with Crippen molar-refractivity contribution < 1.29 is 14.3 Å². The molecule has 0 atom stereocenters. The molecule has 0 heterocycles. The highest BCUT2D eigenvalue weighted by atomic mass is 16.5. The number of amides is 1. The lowest BCUT2D eigenvalue weighted by molar-refractivity contribution is -0.123. The van der Waals surface area contributed by atoms with Crippen LogP contribution in [-0.2, 0) is 4.79 Å². The minimum atomic E-state index is -0.429. The summed E-state index contributed by atoms with van der Waals surface area (Å²) in [7, 11) is 0. The summed E-state index contributed by atoms with van der Waals surface area (Å²) in [5.41, 5.74) is 0.298. The largest absolute Gasteiger partial charge is 0.490 e. The fourth-order valence-electron chi connectivity index (χ4n) is 1.56. The van der Waals surface area contributed by atoms with Gasteiger partial charge >= 0.3 is 0 Å². The van der Waals surface area contributed by atoms with Gasteiger partial charge < -0.3 is 14.8 Å². The van der Waals surface area contributed by atoms with Gasteiger partial charge in [-0.05, 0) is 25.0 Å². The molecule has 0 aliphatic rings. The Labute approximate surface area is 127 Å². The molecule has 0 aromatic heterocycles. The van der Waals surface area contributed by atoms with Crippen molar-refractivity contribution in [2.45, 2.75) is 47.5 Å². The molecular weight excluding hydrogens is 266 g/mol. The van der Waals surface area contributed by atoms with Crippen LogP contribution >= 0.6 is 0 Å². The van der Waals surface area contributed by atoms with Gasteiger partial charge in [0.15, 0.2) is 11.5 Å². The number of hydrogen-bond donors (Lipinski definition) is 1. The third-order valence-electron chi connectivity index (χ3n) is 2.81. The van der Waals surface area contributed by atoms with E-state index < -0.39 is 5.41 Å². The average molecular weight is 293 g/mol. The Balaban J connectivity index is 2.89. The number of carbonyl (C=O) groups excluding carboxylic acids is 1. The van der Waals surface area contributed by atoms with Gasteiger partial charge in [0.2, 0.25) is 5.91 Å². The Morgan fingerprint density at radius 2 is 1.62 bits per heavy atom. The average Bonchev–Trinajstić information content (AvgIpc) is 2.43. The molecule has 4 nitrogen and oxygen atoms in total. The van der Waals surface area contributed by atoms with E-state index in [0.717, 1.165) is 24.3 Å². The molecule has 1 aromatic rings. The second kappa shape index (κ2) is 7.91. The Hall–Kier alpha value is -1.71. The van der Waals surface area contributed by atoms with Gasteiger partial charge in [-0.15, -0.1) is 0 Å². The lowest BCUT2D eigenvalue weighted by Gasteiger charge is -2.19. The lowest BCUT2D eigenvalue weighted by Crippen LogP contribution is -2.27. The molecule has 1 N–H and O–H groups in total. The molecule has 0 radical (unpaired) electrons. The van der Waals surface area contributed by atoms with Crippen LogP contribution in [0.25, 0.3) is 0 Å². The maximum atomic E-state index is 12.0. The van der Waals surface area contributed by atoms with E-state index in [1.165, 1.54) is 0 Å². The number of rotatable bonds is 7. The number of anilines is 1. The maximum Gasteiger partial charge on any atom is 0.229 e. The summed E-state index contributed by atoms with van der Waals surface area (Å²) < 4.78 is 11.4. The van der Waals surface area contributed by atoms with Crippen molar-refractivity contribution in [1.82, 2.24) is 0 Å². The summed E-state index contributed by atoms with van der Waals surface area (Å²) in [6.07, 6.45) is 1.86. The van der Waals surface area contributed by atoms with E-state index >= 15 is 0 Å². The van der Waals surface area contributed by atoms with Gasteiger partial charge in [0.25, 0.3) is 0 Å². The Morgan fingerprint density at radius 1 is 1.05 bits per heavy atom. The lowest BCUT2D eigenvalue weighted by atomic mass is 9.95. The fraction of sp³-hybridized carbons (Fsp3) is 0.588. The predicted molar refractivity (Wildman–Crippen MR) is 86.1 cm³/mol. The molecule has 0 fully saturated rings. The molecule has 1 amide bonds. The number of benzene rings is 1. The van der Waals surface area contributed by atoms with Crippen LogP contribution in [0.15, 0.2) is 18.2 Å². The highest BCUT2D eigenvalue weighted by Gasteiger charge is 2.21. The van der Waals surface area contributed by atoms with Gasteiger partial charge in [-0.3, -0.25) is 4.79 Å². The molecule has 4 heteroatoms. The van der Waals surface area contributed by atoms with Gasteiger partial charge in [0.1, 0.15) is 0 Å². The van der Waals surface area contributed by atoms with E-state index in [-0.39, 0.29) is 5.91 Å². The number of hydrogen-bond acceptors (Lipinski definition) is 3. The quantitative estimate of drug-likeness (QED) is 0.817. The summed E-state index contributed by atoms with van der Waals surface area (Å²) in [5.74, 6) is 1.38. The van der Waals surface area contributed by atoms with Gasteiger partial charge in [-0.1, -0.05) is 34.6 Å². The zero-order valence-electron chi connectivity index (χ0n) is 13.8. The van der Waals surface area contributed by atoms with E-state index in [4.69, 9.17) is 9.47 Å². The first kappa shape index (κ1) is 17.3. The summed E-state index contributed by atoms with van der Waals surface area (Å²) in [4.78, 5) is 12.0. The van der Waals surface area contributed by atoms with Crippen molar-refractivity contribution in [1.29, 1.82) is 0 Å². The molecule has 0 saturated carbocycles. The van der Waals surface area contributed by atoms with E-state index in [9.17, 15) is 4.79 Å². The van der Waals surface area contributed by atoms with E-state index in [0.29, 0.717) is 19.0 Å². The fourth-order valence-corrected chi connectivity index (χ4v) is 1.56. The number of ether oxygens (including phenoxy) is 2. The first-order valence-electron chi connectivity index (χ1n) is 7.59. The molecule has 21 heavy (non-hydrogen) atoms. The van der Waals surface area contributed by atoms with Gasteiger partial charge in [0.05, 0.1) is 13.2 Å². The van der Waals surface area contributed by atoms with Crippen LogP contribution in [0.1, 0.15) is 47.5 Å². The monoisotopic (exact) mass is 293 g/mol. The molecule has 0 aliphatic heterocycles. The van der Waals surface area contributed by atoms with Crippen molar-refractivity contribution >= 4 is 11.6 Å². The molecule has 0 spiro atoms. The Morgan fingerprint density at radius 3 is 2.14 bits per heavy atom. The standard InChI is InChI=1S/C17H27NO3/c1-6-10-20-14-9-8-13(12-15(14)21-11-7-2)18-16(19)17(3,4)5/h8-9,12H,6-7,10-11H2,1-5H3,(H,18,19). The first-order chi connectivity index (χ1) is 9.88.